The van der Waals surface area contributed by atoms with E-state index in [0.29, 0.717) is 25.7 Å². The molecule has 0 fully saturated rings. The molecule has 0 heterocycles. The first-order chi connectivity index (χ1) is 19.2. The van der Waals surface area contributed by atoms with E-state index in [1.165, 1.54) is 154 Å². The van der Waals surface area contributed by atoms with Crippen LogP contribution in [0.3, 0.4) is 0 Å². The maximum absolute atomic E-state index is 6.21. The monoisotopic (exact) mass is 555 g/mol. The highest BCUT2D eigenvalue weighted by Crippen LogP contribution is 2.34. The molecular weight excluding hydrogens is 480 g/mol. The van der Waals surface area contributed by atoms with Crippen molar-refractivity contribution >= 4 is 0 Å². The van der Waals surface area contributed by atoms with Crippen LogP contribution in [0.5, 0.6) is 0 Å². The van der Waals surface area contributed by atoms with Crippen molar-refractivity contribution in [1.82, 2.24) is 0 Å². The third kappa shape index (κ3) is 23.2. The summed E-state index contributed by atoms with van der Waals surface area (Å²) in [7, 11) is 0. The first-order valence-electron chi connectivity index (χ1n) is 18.1. The number of unbranched alkanes of at least 4 members (excludes halogenated alkanes) is 22. The van der Waals surface area contributed by atoms with Gasteiger partial charge in [-0.15, -0.1) is 0 Å². The predicted molar refractivity (Wildman–Crippen MR) is 172 cm³/mol. The van der Waals surface area contributed by atoms with Crippen molar-refractivity contribution < 1.29 is 14.2 Å². The van der Waals surface area contributed by atoms with E-state index in [1.807, 2.05) is 0 Å². The molecular formula is C36H74O3. The zero-order valence-electron chi connectivity index (χ0n) is 27.8. The molecule has 236 valence electrons. The van der Waals surface area contributed by atoms with E-state index >= 15 is 0 Å². The summed E-state index contributed by atoms with van der Waals surface area (Å²) in [5.74, 6) is -0.527. The minimum atomic E-state index is -0.851. The normalized spacial score (nSPS) is 12.8. The van der Waals surface area contributed by atoms with Gasteiger partial charge in [-0.2, -0.15) is 0 Å². The van der Waals surface area contributed by atoms with Crippen LogP contribution in [0.25, 0.3) is 0 Å². The number of hydrogen-bond donors (Lipinski definition) is 0. The Morgan fingerprint density at radius 2 is 0.564 bits per heavy atom. The van der Waals surface area contributed by atoms with Crippen LogP contribution in [0, 0.1) is 5.92 Å². The average molecular weight is 555 g/mol. The van der Waals surface area contributed by atoms with Crippen LogP contribution >= 0.6 is 0 Å². The van der Waals surface area contributed by atoms with Crippen molar-refractivity contribution in [2.45, 2.75) is 208 Å². The fourth-order valence-corrected chi connectivity index (χ4v) is 6.04. The molecule has 0 aliphatic rings. The second-order valence-corrected chi connectivity index (χ2v) is 12.0. The third-order valence-electron chi connectivity index (χ3n) is 8.35. The lowest BCUT2D eigenvalue weighted by Crippen LogP contribution is -2.46. The first-order valence-corrected chi connectivity index (χ1v) is 18.1. The van der Waals surface area contributed by atoms with Gasteiger partial charge in [0.05, 0.1) is 0 Å². The smallest absolute Gasteiger partial charge is 0.285 e. The highest BCUT2D eigenvalue weighted by molar-refractivity contribution is 4.73. The average Bonchev–Trinajstić information content (AvgIpc) is 2.93. The van der Waals surface area contributed by atoms with Crippen molar-refractivity contribution in [2.75, 3.05) is 19.8 Å². The standard InChI is InChI=1S/C36H74O3/c1-6-11-13-15-17-18-19-20-21-22-23-24-25-26-27-28-30-32-34-35(33-31-29-16-14-12-7-2)36(37-8-3,38-9-4)39-10-5/h35H,6-34H2,1-5H3. The lowest BCUT2D eigenvalue weighted by atomic mass is 9.91. The summed E-state index contributed by atoms with van der Waals surface area (Å²) in [6, 6.07) is 0. The Morgan fingerprint density at radius 1 is 0.333 bits per heavy atom. The van der Waals surface area contributed by atoms with Crippen LogP contribution in [-0.2, 0) is 14.2 Å². The minimum absolute atomic E-state index is 0.324. The molecule has 3 nitrogen and oxygen atoms in total. The maximum atomic E-state index is 6.21. The second kappa shape index (κ2) is 30.8. The van der Waals surface area contributed by atoms with E-state index in [9.17, 15) is 0 Å². The Hall–Kier alpha value is -0.120. The Morgan fingerprint density at radius 3 is 0.795 bits per heavy atom. The van der Waals surface area contributed by atoms with E-state index in [0.717, 1.165) is 12.8 Å². The van der Waals surface area contributed by atoms with Crippen LogP contribution in [0.4, 0.5) is 0 Å². The van der Waals surface area contributed by atoms with Crippen molar-refractivity contribution in [2.24, 2.45) is 5.92 Å². The van der Waals surface area contributed by atoms with Gasteiger partial charge in [-0.05, 0) is 33.6 Å². The molecule has 0 aromatic carbocycles. The van der Waals surface area contributed by atoms with E-state index in [2.05, 4.69) is 34.6 Å². The maximum Gasteiger partial charge on any atom is 0.285 e. The van der Waals surface area contributed by atoms with Crippen LogP contribution in [0.1, 0.15) is 202 Å². The molecule has 0 aliphatic heterocycles. The van der Waals surface area contributed by atoms with E-state index < -0.39 is 5.97 Å². The summed E-state index contributed by atoms with van der Waals surface area (Å²) in [5, 5.41) is 0. The van der Waals surface area contributed by atoms with Crippen molar-refractivity contribution in [3.05, 3.63) is 0 Å². The lowest BCUT2D eigenvalue weighted by molar-refractivity contribution is -0.403. The molecule has 0 saturated carbocycles. The molecule has 0 rings (SSSR count). The molecule has 0 saturated heterocycles. The predicted octanol–water partition coefficient (Wildman–Crippen LogP) is 12.5. The van der Waals surface area contributed by atoms with Gasteiger partial charge in [-0.25, -0.2) is 0 Å². The molecule has 0 aromatic rings. The van der Waals surface area contributed by atoms with Crippen molar-refractivity contribution in [3.8, 4) is 0 Å². The summed E-state index contributed by atoms with van der Waals surface area (Å²) in [5.41, 5.74) is 0. The molecule has 0 N–H and O–H groups in total. The molecule has 0 bridgehead atoms. The lowest BCUT2D eigenvalue weighted by Gasteiger charge is -2.39. The molecule has 1 unspecified atom stereocenters. The topological polar surface area (TPSA) is 27.7 Å². The third-order valence-corrected chi connectivity index (χ3v) is 8.35. The highest BCUT2D eigenvalue weighted by Gasteiger charge is 2.41. The molecule has 1 atom stereocenters. The highest BCUT2D eigenvalue weighted by atomic mass is 16.9. The van der Waals surface area contributed by atoms with Gasteiger partial charge in [0.25, 0.3) is 5.97 Å². The van der Waals surface area contributed by atoms with Gasteiger partial charge in [0.15, 0.2) is 0 Å². The SMILES string of the molecule is CCCCCCCCCCCCCCCCCCCCC(CCCCCCCC)C(OCC)(OCC)OCC. The van der Waals surface area contributed by atoms with Gasteiger partial charge in [-0.1, -0.05) is 168 Å². The van der Waals surface area contributed by atoms with Gasteiger partial charge in [-0.3, -0.25) is 0 Å². The minimum Gasteiger partial charge on any atom is -0.328 e. The van der Waals surface area contributed by atoms with Crippen LogP contribution < -0.4 is 0 Å². The Balaban J connectivity index is 4.06. The second-order valence-electron chi connectivity index (χ2n) is 12.0. The zero-order valence-corrected chi connectivity index (χ0v) is 27.8. The molecule has 39 heavy (non-hydrogen) atoms. The number of rotatable bonds is 33. The fourth-order valence-electron chi connectivity index (χ4n) is 6.04. The van der Waals surface area contributed by atoms with Crippen molar-refractivity contribution in [3.63, 3.8) is 0 Å². The number of hydrogen-bond acceptors (Lipinski definition) is 3. The van der Waals surface area contributed by atoms with Crippen LogP contribution in [0.2, 0.25) is 0 Å². The Bertz CT molecular complexity index is 436. The largest absolute Gasteiger partial charge is 0.328 e. The van der Waals surface area contributed by atoms with Gasteiger partial charge < -0.3 is 14.2 Å². The summed E-state index contributed by atoms with van der Waals surface area (Å²) in [4.78, 5) is 0. The molecule has 3 heteroatoms. The van der Waals surface area contributed by atoms with Gasteiger partial charge in [0.1, 0.15) is 0 Å². The summed E-state index contributed by atoms with van der Waals surface area (Å²) >= 11 is 0. The zero-order chi connectivity index (χ0) is 28.7. The Labute approximate surface area is 247 Å². The molecule has 0 aromatic heterocycles. The Kier molecular flexibility index (Phi) is 30.7. The molecule has 0 spiro atoms. The molecule has 0 radical (unpaired) electrons. The summed E-state index contributed by atoms with van der Waals surface area (Å²) in [6.45, 7) is 12.7. The van der Waals surface area contributed by atoms with Crippen molar-refractivity contribution in [1.29, 1.82) is 0 Å². The van der Waals surface area contributed by atoms with Gasteiger partial charge >= 0.3 is 0 Å². The van der Waals surface area contributed by atoms with Gasteiger partial charge in [0.2, 0.25) is 0 Å². The number of ether oxygens (including phenoxy) is 3. The summed E-state index contributed by atoms with van der Waals surface area (Å²) < 4.78 is 18.6. The van der Waals surface area contributed by atoms with E-state index in [4.69, 9.17) is 14.2 Å². The molecule has 0 aliphatic carbocycles. The van der Waals surface area contributed by atoms with E-state index in [1.54, 1.807) is 0 Å². The van der Waals surface area contributed by atoms with Gasteiger partial charge in [0, 0.05) is 25.7 Å². The summed E-state index contributed by atoms with van der Waals surface area (Å²) in [6.07, 6.45) is 35.8. The molecule has 0 amide bonds. The van der Waals surface area contributed by atoms with Crippen LogP contribution in [0.15, 0.2) is 0 Å². The van der Waals surface area contributed by atoms with E-state index in [-0.39, 0.29) is 0 Å². The fraction of sp³-hybridized carbons (Fsp3) is 1.00. The first kappa shape index (κ1) is 38.9. The quantitative estimate of drug-likeness (QED) is 0.0596. The van der Waals surface area contributed by atoms with Crippen LogP contribution in [-0.4, -0.2) is 25.8 Å².